The summed E-state index contributed by atoms with van der Waals surface area (Å²) in [6, 6.07) is 13.8. The van der Waals surface area contributed by atoms with Crippen molar-refractivity contribution in [1.82, 2.24) is 49.3 Å². The summed E-state index contributed by atoms with van der Waals surface area (Å²) in [6.45, 7) is 1.90. The van der Waals surface area contributed by atoms with E-state index >= 15 is 0 Å². The molecule has 9 rings (SSSR count). The smallest absolute Gasteiger partial charge is 0.409 e. The molecule has 0 bridgehead atoms. The minimum Gasteiger partial charge on any atom is -0.409 e. The van der Waals surface area contributed by atoms with Crippen LogP contribution in [-0.2, 0) is 4.74 Å². The van der Waals surface area contributed by atoms with Gasteiger partial charge in [0.25, 0.3) is 0 Å². The Hall–Kier alpha value is -6.78. The van der Waals surface area contributed by atoms with Crippen LogP contribution in [0, 0.1) is 35.5 Å². The second-order valence-electron chi connectivity index (χ2n) is 16.0. The molecule has 20 nitrogen and oxygen atoms in total. The third-order valence-electron chi connectivity index (χ3n) is 11.5. The number of nitrogens with two attached hydrogens (primary N) is 2. The average Bonchev–Trinajstić information content (AvgIpc) is 4.06. The molecule has 3 fully saturated rings. The molecule has 3 aliphatic rings. The number of hydrogen-bond acceptors (Lipinski definition) is 16. The van der Waals surface area contributed by atoms with Crippen molar-refractivity contribution in [1.29, 1.82) is 0 Å². The first-order valence-corrected chi connectivity index (χ1v) is 22.2. The van der Waals surface area contributed by atoms with Crippen LogP contribution in [0.1, 0.15) is 56.4 Å². The molecule has 348 valence electrons. The molecule has 2 aromatic carbocycles. The third-order valence-corrected chi connectivity index (χ3v) is 12.2. The number of hydrogen-bond donors (Lipinski definition) is 6. The summed E-state index contributed by atoms with van der Waals surface area (Å²) in [5.41, 5.74) is 13.7. The topological polar surface area (TPSA) is 279 Å². The number of aliphatic hydroxyl groups excluding tert-OH is 3. The summed E-state index contributed by atoms with van der Waals surface area (Å²) in [5, 5.41) is 30.6. The lowest BCUT2D eigenvalue weighted by Gasteiger charge is -2.30. The first-order chi connectivity index (χ1) is 32.4. The van der Waals surface area contributed by atoms with Crippen LogP contribution in [0.4, 0.5) is 21.2 Å². The number of H-pyrrole nitrogens is 1. The van der Waals surface area contributed by atoms with Crippen molar-refractivity contribution in [2.45, 2.75) is 63.1 Å². The van der Waals surface area contributed by atoms with Gasteiger partial charge in [0, 0.05) is 39.0 Å². The lowest BCUT2D eigenvalue weighted by molar-refractivity contribution is -0.0511. The molecule has 1 unspecified atom stereocenters. The van der Waals surface area contributed by atoms with Gasteiger partial charge in [0.1, 0.15) is 29.3 Å². The summed E-state index contributed by atoms with van der Waals surface area (Å²) in [6.07, 6.45) is 2.16. The molecule has 0 saturated carbocycles. The second-order valence-corrected chi connectivity index (χ2v) is 16.8. The monoisotopic (exact) mass is 952 g/mol. The zero-order chi connectivity index (χ0) is 47.0. The van der Waals surface area contributed by atoms with Gasteiger partial charge in [-0.2, -0.15) is 4.98 Å². The highest BCUT2D eigenvalue weighted by molar-refractivity contribution is 6.32. The largest absolute Gasteiger partial charge is 0.415 e. The van der Waals surface area contributed by atoms with Crippen molar-refractivity contribution in [3.8, 4) is 35.2 Å². The number of aromatic amines is 1. The number of amides is 2. The molecule has 22 heteroatoms. The normalized spacial score (nSPS) is 19.8. The zero-order valence-corrected chi connectivity index (χ0v) is 37.3. The van der Waals surface area contributed by atoms with Crippen molar-refractivity contribution in [2.24, 2.45) is 11.8 Å². The summed E-state index contributed by atoms with van der Waals surface area (Å²) in [4.78, 5) is 56.4. The molecule has 0 aliphatic carbocycles. The van der Waals surface area contributed by atoms with Crippen molar-refractivity contribution in [3.05, 3.63) is 82.9 Å². The Morgan fingerprint density at radius 1 is 0.761 bits per heavy atom. The molecule has 4 aromatic heterocycles. The van der Waals surface area contributed by atoms with Gasteiger partial charge in [-0.25, -0.2) is 34.5 Å². The highest BCUT2D eigenvalue weighted by Gasteiger charge is 2.44. The summed E-state index contributed by atoms with van der Waals surface area (Å²) >= 11 is 12.1. The summed E-state index contributed by atoms with van der Waals surface area (Å²) in [7, 11) is 0. The third kappa shape index (κ3) is 11.1. The van der Waals surface area contributed by atoms with Gasteiger partial charge in [-0.3, -0.25) is 4.57 Å². The number of aromatic nitrogens is 8. The number of carbonyl (C=O) groups is 2. The minimum absolute atomic E-state index is 0.120. The van der Waals surface area contributed by atoms with Crippen molar-refractivity contribution < 1.29 is 39.1 Å². The average molecular weight is 954 g/mol. The number of benzene rings is 2. The van der Waals surface area contributed by atoms with Gasteiger partial charge >= 0.3 is 12.2 Å². The predicted octanol–water partition coefficient (Wildman–Crippen LogP) is 4.57. The number of piperidine rings is 2. The molecule has 8 N–H and O–H groups in total. The number of nitrogens with one attached hydrogen (secondary N) is 1. The highest BCUT2D eigenvalue weighted by atomic mass is 35.5. The second kappa shape index (κ2) is 21.2. The number of para-hydroxylation sites is 2. The molecule has 0 spiro atoms. The zero-order valence-electron chi connectivity index (χ0n) is 35.8. The van der Waals surface area contributed by atoms with E-state index in [0.29, 0.717) is 100 Å². The first-order valence-electron chi connectivity index (χ1n) is 21.4. The Morgan fingerprint density at radius 3 is 1.84 bits per heavy atom. The Balaban J connectivity index is 0.000000188. The van der Waals surface area contributed by atoms with E-state index in [1.165, 1.54) is 17.2 Å². The number of nitrogens with zero attached hydrogens (tertiary/aromatic N) is 9. The Kier molecular flexibility index (Phi) is 14.8. The highest BCUT2D eigenvalue weighted by Crippen LogP contribution is 2.32. The van der Waals surface area contributed by atoms with E-state index in [9.17, 15) is 24.9 Å². The number of fused-ring (bicyclic) bond motifs is 2. The van der Waals surface area contributed by atoms with E-state index in [0.717, 1.165) is 25.7 Å². The Morgan fingerprint density at radius 2 is 1.30 bits per heavy atom. The maximum Gasteiger partial charge on any atom is 0.415 e. The fraction of sp³-hybridized carbons (Fsp3) is 0.378. The van der Waals surface area contributed by atoms with Crippen LogP contribution >= 0.6 is 23.2 Å². The molecule has 0 radical (unpaired) electrons. The van der Waals surface area contributed by atoms with Gasteiger partial charge in [0.05, 0.1) is 29.3 Å². The van der Waals surface area contributed by atoms with Crippen LogP contribution in [0.5, 0.6) is 11.5 Å². The Bertz CT molecular complexity index is 2860. The lowest BCUT2D eigenvalue weighted by atomic mass is 9.94. The quantitative estimate of drug-likeness (QED) is 0.125. The van der Waals surface area contributed by atoms with Crippen LogP contribution in [0.3, 0.4) is 0 Å². The number of rotatable bonds is 6. The molecule has 2 amide bonds. The number of anilines is 2. The van der Waals surface area contributed by atoms with E-state index in [2.05, 4.69) is 58.6 Å². The predicted molar refractivity (Wildman–Crippen MR) is 245 cm³/mol. The number of halogens is 2. The number of carbonyl (C=O) groups excluding carboxylic acids is 2. The van der Waals surface area contributed by atoms with Crippen molar-refractivity contribution in [2.75, 3.05) is 44.3 Å². The fourth-order valence-electron chi connectivity index (χ4n) is 7.76. The number of imidazole rings is 2. The van der Waals surface area contributed by atoms with Crippen molar-refractivity contribution >= 4 is 69.4 Å². The molecule has 3 saturated heterocycles. The maximum atomic E-state index is 12.5. The van der Waals surface area contributed by atoms with Gasteiger partial charge in [-0.15, -0.1) is 0 Å². The van der Waals surface area contributed by atoms with Gasteiger partial charge in [-0.05, 0) is 73.6 Å². The number of ether oxygens (including phenoxy) is 3. The lowest BCUT2D eigenvalue weighted by Crippen LogP contribution is -2.40. The molecule has 6 aromatic rings. The number of likely N-dealkylation sites (tertiary alicyclic amines) is 2. The van der Waals surface area contributed by atoms with Gasteiger partial charge < -0.3 is 55.8 Å². The molecule has 7 heterocycles. The first kappa shape index (κ1) is 46.7. The molecular formula is C45H46Cl2N12O8. The van der Waals surface area contributed by atoms with E-state index in [4.69, 9.17) is 48.9 Å². The number of nitrogen functional groups attached to an aromatic ring is 2. The van der Waals surface area contributed by atoms with Gasteiger partial charge in [0.15, 0.2) is 40.7 Å². The van der Waals surface area contributed by atoms with E-state index in [-0.39, 0.29) is 23.7 Å². The van der Waals surface area contributed by atoms with E-state index < -0.39 is 37.2 Å². The fourth-order valence-corrected chi connectivity index (χ4v) is 8.11. The molecule has 3 aliphatic heterocycles. The summed E-state index contributed by atoms with van der Waals surface area (Å²) < 4.78 is 17.8. The number of aliphatic hydroxyl groups is 3. The maximum absolute atomic E-state index is 12.5. The van der Waals surface area contributed by atoms with Crippen molar-refractivity contribution in [3.63, 3.8) is 0 Å². The Labute approximate surface area is 393 Å². The SMILES string of the molecule is Nc1nc(C#CCC2CCN(C(=O)Oc3ccccc3Cl)CC2)nc2c1ncn2[C@@H]1O[C@H](CO)C(O)[C@@H]1O.Nc1nc(C#CCC2CCN(C(=O)Oc3ccccc3Cl)CC2)nc2nc[nH]c12. The van der Waals surface area contributed by atoms with Crippen LogP contribution in [-0.4, -0.2) is 128 Å². The molecular weight excluding hydrogens is 907 g/mol. The van der Waals surface area contributed by atoms with Gasteiger partial charge in [0.2, 0.25) is 11.6 Å². The standard InChI is InChI=1S/C25H27ClN6O6.C20H19ClN6O2/c26-15-5-1-2-6-16(15)38-25(36)31-10-8-14(9-11-31)4-3-7-18-29-22(27)19-23(30-18)32(13-28-19)24-21(35)20(34)17(12-33)37-24;21-14-5-1-2-6-15(14)29-20(28)27-10-8-13(9-11-27)4-3-7-16-25-18(22)17-19(26-16)24-12-23-17/h1-2,5-6,13-14,17,20-21,24,33-35H,4,8-12H2,(H2,27,29,30);1-2,5-6,12-13H,4,8-11H2,(H3,22,23,24,25,26)/t17-,20?,21+,24-;/m1./s1. The van der Waals surface area contributed by atoms with Crippen LogP contribution in [0.15, 0.2) is 61.2 Å². The van der Waals surface area contributed by atoms with Crippen LogP contribution < -0.4 is 20.9 Å². The summed E-state index contributed by atoms with van der Waals surface area (Å²) in [5.74, 6) is 14.5. The molecule has 4 atom stereocenters. The molecule has 67 heavy (non-hydrogen) atoms. The van der Waals surface area contributed by atoms with E-state index in [1.54, 1.807) is 58.3 Å². The minimum atomic E-state index is -1.29. The van der Waals surface area contributed by atoms with Crippen LogP contribution in [0.25, 0.3) is 22.3 Å². The van der Waals surface area contributed by atoms with E-state index in [1.807, 2.05) is 0 Å². The van der Waals surface area contributed by atoms with Crippen LogP contribution in [0.2, 0.25) is 10.0 Å². The van der Waals surface area contributed by atoms with Gasteiger partial charge in [-0.1, -0.05) is 59.3 Å².